The molecule has 0 unspecified atom stereocenters. The van der Waals surface area contributed by atoms with Gasteiger partial charge < -0.3 is 14.4 Å². The van der Waals surface area contributed by atoms with Crippen LogP contribution in [0.4, 0.5) is 0 Å². The zero-order valence-corrected chi connectivity index (χ0v) is 17.0. The number of aromatic nitrogens is 3. The van der Waals surface area contributed by atoms with E-state index in [1.165, 1.54) is 0 Å². The van der Waals surface area contributed by atoms with Crippen LogP contribution in [0.25, 0.3) is 5.69 Å². The summed E-state index contributed by atoms with van der Waals surface area (Å²) >= 11 is 0. The van der Waals surface area contributed by atoms with Gasteiger partial charge in [0.2, 0.25) is 0 Å². The SMILES string of the molecule is COCCCN(Cc1ccncc1)C(=O)c1ccn(-c2cc(C)ccc2OC)n1. The van der Waals surface area contributed by atoms with Gasteiger partial charge in [-0.2, -0.15) is 5.10 Å². The van der Waals surface area contributed by atoms with Crippen molar-refractivity contribution in [2.45, 2.75) is 19.9 Å². The van der Waals surface area contributed by atoms with Crippen LogP contribution in [0.2, 0.25) is 0 Å². The Bertz CT molecular complexity index is 940. The van der Waals surface area contributed by atoms with Crippen LogP contribution >= 0.6 is 0 Å². The number of ether oxygens (including phenoxy) is 2. The van der Waals surface area contributed by atoms with Crippen LogP contribution in [-0.2, 0) is 11.3 Å². The van der Waals surface area contributed by atoms with Crippen molar-refractivity contribution in [2.75, 3.05) is 27.4 Å². The lowest BCUT2D eigenvalue weighted by molar-refractivity contribution is 0.0717. The van der Waals surface area contributed by atoms with Crippen LogP contribution in [0, 0.1) is 6.92 Å². The quantitative estimate of drug-likeness (QED) is 0.521. The minimum atomic E-state index is -0.122. The summed E-state index contributed by atoms with van der Waals surface area (Å²) in [4.78, 5) is 19.0. The molecule has 7 nitrogen and oxygen atoms in total. The number of hydrogen-bond donors (Lipinski definition) is 0. The largest absolute Gasteiger partial charge is 0.494 e. The van der Waals surface area contributed by atoms with Gasteiger partial charge in [-0.05, 0) is 54.8 Å². The Hall–Kier alpha value is -3.19. The molecular weight excluding hydrogens is 368 g/mol. The molecule has 3 rings (SSSR count). The Balaban J connectivity index is 1.83. The number of carbonyl (C=O) groups is 1. The standard InChI is InChI=1S/C22H26N4O3/c1-17-5-6-21(29-3)20(15-17)26-13-9-19(24-26)22(27)25(12-4-14-28-2)16-18-7-10-23-11-8-18/h5-11,13,15H,4,12,14,16H2,1-3H3. The van der Waals surface area contributed by atoms with Gasteiger partial charge in [0.1, 0.15) is 11.4 Å². The number of carbonyl (C=O) groups excluding carboxylic acids is 1. The monoisotopic (exact) mass is 394 g/mol. The predicted molar refractivity (Wildman–Crippen MR) is 110 cm³/mol. The Kier molecular flexibility index (Phi) is 6.97. The van der Waals surface area contributed by atoms with Crippen molar-refractivity contribution in [3.8, 4) is 11.4 Å². The molecule has 2 aromatic heterocycles. The minimum Gasteiger partial charge on any atom is -0.494 e. The molecule has 0 aliphatic rings. The summed E-state index contributed by atoms with van der Waals surface area (Å²) in [6.45, 7) is 3.67. The number of benzene rings is 1. The van der Waals surface area contributed by atoms with Crippen molar-refractivity contribution in [1.82, 2.24) is 19.7 Å². The molecule has 1 amide bonds. The molecular formula is C22H26N4O3. The molecule has 0 radical (unpaired) electrons. The van der Waals surface area contributed by atoms with E-state index in [1.54, 1.807) is 48.5 Å². The summed E-state index contributed by atoms with van der Waals surface area (Å²) in [5, 5.41) is 4.52. The minimum absolute atomic E-state index is 0.122. The molecule has 7 heteroatoms. The highest BCUT2D eigenvalue weighted by Crippen LogP contribution is 2.23. The van der Waals surface area contributed by atoms with Crippen LogP contribution < -0.4 is 4.74 Å². The molecule has 2 heterocycles. The van der Waals surface area contributed by atoms with Crippen LogP contribution in [0.1, 0.15) is 28.0 Å². The van der Waals surface area contributed by atoms with Gasteiger partial charge in [0.15, 0.2) is 5.69 Å². The van der Waals surface area contributed by atoms with Crippen LogP contribution in [0.3, 0.4) is 0 Å². The van der Waals surface area contributed by atoms with Gasteiger partial charge in [-0.15, -0.1) is 0 Å². The fraction of sp³-hybridized carbons (Fsp3) is 0.318. The van der Waals surface area contributed by atoms with E-state index in [0.29, 0.717) is 31.1 Å². The number of nitrogens with zero attached hydrogens (tertiary/aromatic N) is 4. The van der Waals surface area contributed by atoms with E-state index in [-0.39, 0.29) is 5.91 Å². The molecule has 0 N–H and O–H groups in total. The van der Waals surface area contributed by atoms with Crippen molar-refractivity contribution < 1.29 is 14.3 Å². The average molecular weight is 394 g/mol. The second-order valence-corrected chi connectivity index (χ2v) is 6.75. The summed E-state index contributed by atoms with van der Waals surface area (Å²) in [6, 6.07) is 11.4. The normalized spacial score (nSPS) is 10.7. The third-order valence-corrected chi connectivity index (χ3v) is 4.58. The van der Waals surface area contributed by atoms with Crippen LogP contribution in [-0.4, -0.2) is 52.9 Å². The van der Waals surface area contributed by atoms with Crippen LogP contribution in [0.15, 0.2) is 55.0 Å². The zero-order valence-electron chi connectivity index (χ0n) is 17.0. The number of rotatable bonds is 9. The third-order valence-electron chi connectivity index (χ3n) is 4.58. The molecule has 0 bridgehead atoms. The first kappa shape index (κ1) is 20.5. The molecule has 1 aromatic carbocycles. The van der Waals surface area contributed by atoms with Crippen molar-refractivity contribution in [2.24, 2.45) is 0 Å². The summed E-state index contributed by atoms with van der Waals surface area (Å²) < 4.78 is 12.3. The van der Waals surface area contributed by atoms with Gasteiger partial charge in [0.25, 0.3) is 5.91 Å². The molecule has 0 aliphatic carbocycles. The molecule has 0 fully saturated rings. The number of pyridine rings is 1. The maximum absolute atomic E-state index is 13.2. The van der Waals surface area contributed by atoms with Crippen molar-refractivity contribution in [3.05, 3.63) is 71.8 Å². The summed E-state index contributed by atoms with van der Waals surface area (Å²) in [7, 11) is 3.28. The van der Waals surface area contributed by atoms with E-state index >= 15 is 0 Å². The van der Waals surface area contributed by atoms with Gasteiger partial charge in [-0.1, -0.05) is 6.07 Å². The molecule has 0 aliphatic heterocycles. The van der Waals surface area contributed by atoms with Gasteiger partial charge in [-0.25, -0.2) is 4.68 Å². The van der Waals surface area contributed by atoms with E-state index < -0.39 is 0 Å². The highest BCUT2D eigenvalue weighted by molar-refractivity contribution is 5.92. The molecule has 0 spiro atoms. The lowest BCUT2D eigenvalue weighted by Gasteiger charge is -2.22. The second-order valence-electron chi connectivity index (χ2n) is 6.75. The molecule has 0 saturated heterocycles. The zero-order chi connectivity index (χ0) is 20.6. The first-order valence-electron chi connectivity index (χ1n) is 9.50. The number of methoxy groups -OCH3 is 2. The first-order valence-corrected chi connectivity index (χ1v) is 9.50. The third kappa shape index (κ3) is 5.20. The smallest absolute Gasteiger partial charge is 0.274 e. The Morgan fingerprint density at radius 2 is 1.93 bits per heavy atom. The van der Waals surface area contributed by atoms with Gasteiger partial charge >= 0.3 is 0 Å². The summed E-state index contributed by atoms with van der Waals surface area (Å²) in [5.74, 6) is 0.578. The lowest BCUT2D eigenvalue weighted by atomic mass is 10.2. The highest BCUT2D eigenvalue weighted by Gasteiger charge is 2.19. The Morgan fingerprint density at radius 3 is 2.66 bits per heavy atom. The van der Waals surface area contributed by atoms with E-state index in [4.69, 9.17) is 9.47 Å². The first-order chi connectivity index (χ1) is 14.1. The molecule has 3 aromatic rings. The van der Waals surface area contributed by atoms with E-state index in [0.717, 1.165) is 23.2 Å². The van der Waals surface area contributed by atoms with Gasteiger partial charge in [0, 0.05) is 45.4 Å². The Morgan fingerprint density at radius 1 is 1.14 bits per heavy atom. The maximum atomic E-state index is 13.2. The topological polar surface area (TPSA) is 69.5 Å². The van der Waals surface area contributed by atoms with E-state index in [9.17, 15) is 4.79 Å². The van der Waals surface area contributed by atoms with Crippen molar-refractivity contribution in [1.29, 1.82) is 0 Å². The van der Waals surface area contributed by atoms with Crippen molar-refractivity contribution in [3.63, 3.8) is 0 Å². The van der Waals surface area contributed by atoms with Crippen molar-refractivity contribution >= 4 is 5.91 Å². The molecule has 0 atom stereocenters. The van der Waals surface area contributed by atoms with Gasteiger partial charge in [-0.3, -0.25) is 9.78 Å². The predicted octanol–water partition coefficient (Wildman–Crippen LogP) is 3.26. The fourth-order valence-corrected chi connectivity index (χ4v) is 3.07. The molecule has 152 valence electrons. The summed E-state index contributed by atoms with van der Waals surface area (Å²) in [5.41, 5.74) is 3.29. The van der Waals surface area contributed by atoms with Crippen LogP contribution in [0.5, 0.6) is 5.75 Å². The summed E-state index contributed by atoms with van der Waals surface area (Å²) in [6.07, 6.45) is 5.99. The number of amides is 1. The number of aryl methyl sites for hydroxylation is 1. The van der Waals surface area contributed by atoms with E-state index in [2.05, 4.69) is 10.1 Å². The Labute approximate surface area is 170 Å². The highest BCUT2D eigenvalue weighted by atomic mass is 16.5. The van der Waals surface area contributed by atoms with E-state index in [1.807, 2.05) is 37.3 Å². The average Bonchev–Trinajstić information content (AvgIpc) is 3.23. The molecule has 0 saturated carbocycles. The maximum Gasteiger partial charge on any atom is 0.274 e. The fourth-order valence-electron chi connectivity index (χ4n) is 3.07. The number of hydrogen-bond acceptors (Lipinski definition) is 5. The van der Waals surface area contributed by atoms with Gasteiger partial charge in [0.05, 0.1) is 7.11 Å². The molecule has 29 heavy (non-hydrogen) atoms. The second kappa shape index (κ2) is 9.84. The lowest BCUT2D eigenvalue weighted by Crippen LogP contribution is -2.32.